The summed E-state index contributed by atoms with van der Waals surface area (Å²) in [5.41, 5.74) is 1.34. The van der Waals surface area contributed by atoms with E-state index >= 15 is 0 Å². The molecule has 4 heteroatoms. The molecule has 1 aliphatic heterocycles. The number of aromatic nitrogens is 1. The van der Waals surface area contributed by atoms with Crippen LogP contribution in [-0.4, -0.2) is 35.1 Å². The highest BCUT2D eigenvalue weighted by Gasteiger charge is 2.24. The Morgan fingerprint density at radius 2 is 2.21 bits per heavy atom. The first kappa shape index (κ1) is 13.0. The van der Waals surface area contributed by atoms with E-state index in [2.05, 4.69) is 48.3 Å². The van der Waals surface area contributed by atoms with Crippen LogP contribution in [0.4, 0.5) is 0 Å². The Labute approximate surface area is 118 Å². The third-order valence-electron chi connectivity index (χ3n) is 3.57. The molecule has 1 aromatic heterocycles. The number of hydrogen-bond donors (Lipinski definition) is 1. The van der Waals surface area contributed by atoms with Gasteiger partial charge in [-0.15, -0.1) is 11.3 Å². The van der Waals surface area contributed by atoms with E-state index in [-0.39, 0.29) is 5.54 Å². The molecule has 102 valence electrons. The molecule has 1 aliphatic rings. The van der Waals surface area contributed by atoms with E-state index in [1.165, 1.54) is 16.1 Å². The lowest BCUT2D eigenvalue weighted by atomic mass is 10.1. The zero-order chi connectivity index (χ0) is 13.3. The number of nitrogens with one attached hydrogen (secondary N) is 1. The van der Waals surface area contributed by atoms with Gasteiger partial charge in [0.2, 0.25) is 0 Å². The normalized spacial score (nSPS) is 20.5. The molecule has 3 rings (SSSR count). The van der Waals surface area contributed by atoms with Gasteiger partial charge in [0.25, 0.3) is 0 Å². The van der Waals surface area contributed by atoms with E-state index in [0.717, 1.165) is 31.7 Å². The van der Waals surface area contributed by atoms with Gasteiger partial charge in [-0.3, -0.25) is 4.90 Å². The summed E-state index contributed by atoms with van der Waals surface area (Å²) in [5.74, 6) is 0. The fraction of sp³-hybridized carbons (Fsp3) is 0.533. The Balaban J connectivity index is 1.76. The highest BCUT2D eigenvalue weighted by atomic mass is 32.1. The van der Waals surface area contributed by atoms with Crippen molar-refractivity contribution in [3.63, 3.8) is 0 Å². The molecule has 0 atom stereocenters. The van der Waals surface area contributed by atoms with E-state index < -0.39 is 0 Å². The third-order valence-corrected chi connectivity index (χ3v) is 4.59. The Hall–Kier alpha value is -0.970. The Kier molecular flexibility index (Phi) is 3.56. The molecule has 0 amide bonds. The second kappa shape index (κ2) is 5.19. The summed E-state index contributed by atoms with van der Waals surface area (Å²) in [5, 5.41) is 4.84. The highest BCUT2D eigenvalue weighted by molar-refractivity contribution is 7.18. The fourth-order valence-corrected chi connectivity index (χ4v) is 3.75. The number of benzene rings is 1. The van der Waals surface area contributed by atoms with Gasteiger partial charge in [-0.05, 0) is 45.5 Å². The molecule has 0 aliphatic carbocycles. The average Bonchev–Trinajstić information content (AvgIpc) is 2.67. The van der Waals surface area contributed by atoms with Crippen molar-refractivity contribution < 1.29 is 0 Å². The second-order valence-corrected chi connectivity index (χ2v) is 7.07. The molecule has 3 nitrogen and oxygen atoms in total. The van der Waals surface area contributed by atoms with Gasteiger partial charge < -0.3 is 5.32 Å². The molecule has 0 unspecified atom stereocenters. The zero-order valence-electron chi connectivity index (χ0n) is 11.6. The standard InChI is InChI=1S/C15H21N3S/c1-15(2)11-18(9-5-8-16-15)10-14-17-12-6-3-4-7-13(12)19-14/h3-4,6-7,16H,5,8-11H2,1-2H3. The molecule has 1 N–H and O–H groups in total. The summed E-state index contributed by atoms with van der Waals surface area (Å²) in [6.45, 7) is 8.90. The largest absolute Gasteiger partial charge is 0.310 e. The van der Waals surface area contributed by atoms with Crippen molar-refractivity contribution >= 4 is 21.6 Å². The van der Waals surface area contributed by atoms with Crippen LogP contribution in [0.1, 0.15) is 25.3 Å². The van der Waals surface area contributed by atoms with Crippen LogP contribution in [0, 0.1) is 0 Å². The van der Waals surface area contributed by atoms with Gasteiger partial charge in [0.05, 0.1) is 16.8 Å². The van der Waals surface area contributed by atoms with Crippen molar-refractivity contribution in [3.8, 4) is 0 Å². The molecular weight excluding hydrogens is 254 g/mol. The Bertz CT molecular complexity index is 528. The molecule has 0 saturated carbocycles. The summed E-state index contributed by atoms with van der Waals surface area (Å²) in [4.78, 5) is 7.27. The van der Waals surface area contributed by atoms with Crippen molar-refractivity contribution in [1.82, 2.24) is 15.2 Å². The van der Waals surface area contributed by atoms with Crippen molar-refractivity contribution in [2.45, 2.75) is 32.4 Å². The van der Waals surface area contributed by atoms with Crippen LogP contribution in [-0.2, 0) is 6.54 Å². The first-order valence-corrected chi connectivity index (χ1v) is 7.76. The topological polar surface area (TPSA) is 28.2 Å². The van der Waals surface area contributed by atoms with E-state index in [1.54, 1.807) is 0 Å². The van der Waals surface area contributed by atoms with Gasteiger partial charge in [-0.1, -0.05) is 12.1 Å². The zero-order valence-corrected chi connectivity index (χ0v) is 12.5. The lowest BCUT2D eigenvalue weighted by molar-refractivity contribution is 0.224. The first-order valence-electron chi connectivity index (χ1n) is 6.94. The fourth-order valence-electron chi connectivity index (χ4n) is 2.74. The van der Waals surface area contributed by atoms with Crippen LogP contribution in [0.3, 0.4) is 0 Å². The van der Waals surface area contributed by atoms with Crippen molar-refractivity contribution in [2.24, 2.45) is 0 Å². The highest BCUT2D eigenvalue weighted by Crippen LogP contribution is 2.23. The third kappa shape index (κ3) is 3.14. The molecule has 0 spiro atoms. The molecule has 0 radical (unpaired) electrons. The maximum Gasteiger partial charge on any atom is 0.108 e. The Morgan fingerprint density at radius 3 is 3.05 bits per heavy atom. The smallest absolute Gasteiger partial charge is 0.108 e. The number of fused-ring (bicyclic) bond motifs is 1. The van der Waals surface area contributed by atoms with E-state index in [9.17, 15) is 0 Å². The van der Waals surface area contributed by atoms with Gasteiger partial charge in [-0.25, -0.2) is 4.98 Å². The van der Waals surface area contributed by atoms with E-state index in [0.29, 0.717) is 0 Å². The summed E-state index contributed by atoms with van der Waals surface area (Å²) in [6.07, 6.45) is 1.22. The minimum absolute atomic E-state index is 0.202. The number of nitrogens with zero attached hydrogens (tertiary/aromatic N) is 2. The van der Waals surface area contributed by atoms with Crippen molar-refractivity contribution in [3.05, 3.63) is 29.3 Å². The predicted molar refractivity (Wildman–Crippen MR) is 81.6 cm³/mol. The van der Waals surface area contributed by atoms with Crippen molar-refractivity contribution in [1.29, 1.82) is 0 Å². The van der Waals surface area contributed by atoms with Crippen molar-refractivity contribution in [2.75, 3.05) is 19.6 Å². The van der Waals surface area contributed by atoms with Gasteiger partial charge in [0.15, 0.2) is 0 Å². The van der Waals surface area contributed by atoms with Gasteiger partial charge in [-0.2, -0.15) is 0 Å². The number of rotatable bonds is 2. The monoisotopic (exact) mass is 275 g/mol. The SMILES string of the molecule is CC1(C)CN(Cc2nc3ccccc3s2)CCCN1. The minimum Gasteiger partial charge on any atom is -0.310 e. The lowest BCUT2D eigenvalue weighted by Gasteiger charge is -2.29. The maximum absolute atomic E-state index is 4.74. The van der Waals surface area contributed by atoms with E-state index in [1.807, 2.05) is 11.3 Å². The molecule has 19 heavy (non-hydrogen) atoms. The van der Waals surface area contributed by atoms with E-state index in [4.69, 9.17) is 4.98 Å². The van der Waals surface area contributed by atoms with Crippen LogP contribution < -0.4 is 5.32 Å². The quantitative estimate of drug-likeness (QED) is 0.913. The molecule has 0 bridgehead atoms. The molecule has 1 saturated heterocycles. The van der Waals surface area contributed by atoms with Crippen LogP contribution >= 0.6 is 11.3 Å². The summed E-state index contributed by atoms with van der Waals surface area (Å²) in [6, 6.07) is 8.40. The summed E-state index contributed by atoms with van der Waals surface area (Å²) < 4.78 is 1.30. The summed E-state index contributed by atoms with van der Waals surface area (Å²) >= 11 is 1.82. The molecule has 1 fully saturated rings. The van der Waals surface area contributed by atoms with Gasteiger partial charge in [0.1, 0.15) is 5.01 Å². The van der Waals surface area contributed by atoms with Crippen LogP contribution in [0.5, 0.6) is 0 Å². The van der Waals surface area contributed by atoms with Gasteiger partial charge in [0, 0.05) is 12.1 Å². The van der Waals surface area contributed by atoms with Crippen LogP contribution in [0.2, 0.25) is 0 Å². The van der Waals surface area contributed by atoms with Crippen LogP contribution in [0.25, 0.3) is 10.2 Å². The number of para-hydroxylation sites is 1. The molecule has 1 aromatic carbocycles. The minimum atomic E-state index is 0.202. The first-order chi connectivity index (χ1) is 9.12. The van der Waals surface area contributed by atoms with Crippen LogP contribution in [0.15, 0.2) is 24.3 Å². The second-order valence-electron chi connectivity index (χ2n) is 5.95. The average molecular weight is 275 g/mol. The lowest BCUT2D eigenvalue weighted by Crippen LogP contribution is -2.46. The number of thiazole rings is 1. The molecular formula is C15H21N3S. The maximum atomic E-state index is 4.74. The predicted octanol–water partition coefficient (Wildman–Crippen LogP) is 2.87. The Morgan fingerprint density at radius 1 is 1.37 bits per heavy atom. The molecule has 2 aromatic rings. The summed E-state index contributed by atoms with van der Waals surface area (Å²) in [7, 11) is 0. The van der Waals surface area contributed by atoms with Gasteiger partial charge >= 0.3 is 0 Å². The number of hydrogen-bond acceptors (Lipinski definition) is 4. The molecule has 2 heterocycles.